The van der Waals surface area contributed by atoms with Gasteiger partial charge in [-0.15, -0.1) is 11.3 Å². The maximum absolute atomic E-state index is 11.6. The van der Waals surface area contributed by atoms with Gasteiger partial charge in [-0.2, -0.15) is 0 Å². The van der Waals surface area contributed by atoms with Crippen LogP contribution in [0, 0.1) is 6.57 Å². The predicted molar refractivity (Wildman–Crippen MR) is 55.0 cm³/mol. The van der Waals surface area contributed by atoms with Gasteiger partial charge in [-0.1, -0.05) is 6.07 Å². The third-order valence-electron chi connectivity index (χ3n) is 1.46. The van der Waals surface area contributed by atoms with Gasteiger partial charge in [-0.05, 0) is 18.4 Å². The third-order valence-corrected chi connectivity index (χ3v) is 2.33. The molecule has 0 fully saturated rings. The van der Waals surface area contributed by atoms with Gasteiger partial charge in [0.05, 0.1) is 24.3 Å². The molecular formula is C10H9NO2S. The first-order valence-electron chi connectivity index (χ1n) is 4.07. The first kappa shape index (κ1) is 10.5. The van der Waals surface area contributed by atoms with E-state index in [9.17, 15) is 4.79 Å². The summed E-state index contributed by atoms with van der Waals surface area (Å²) in [5.74, 6) is -0.275. The molecule has 0 aliphatic heterocycles. The maximum atomic E-state index is 11.6. The summed E-state index contributed by atoms with van der Waals surface area (Å²) < 4.78 is 4.91. The highest BCUT2D eigenvalue weighted by Gasteiger charge is 2.13. The van der Waals surface area contributed by atoms with Gasteiger partial charge < -0.3 is 9.53 Å². The largest absolute Gasteiger partial charge is 0.512 e. The van der Waals surface area contributed by atoms with Crippen LogP contribution in [0.5, 0.6) is 0 Å². The lowest BCUT2D eigenvalue weighted by Gasteiger charge is -1.96. The fourth-order valence-electron chi connectivity index (χ4n) is 0.827. The summed E-state index contributed by atoms with van der Waals surface area (Å²) in [5, 5.41) is 1.80. The predicted octanol–water partition coefficient (Wildman–Crippen LogP) is 2.73. The molecule has 0 aromatic carbocycles. The maximum Gasteiger partial charge on any atom is 0.268 e. The lowest BCUT2D eigenvalue weighted by atomic mass is 10.2. The Bertz CT molecular complexity index is 373. The molecule has 1 rings (SSSR count). The van der Waals surface area contributed by atoms with Crippen LogP contribution in [-0.2, 0) is 4.74 Å². The van der Waals surface area contributed by atoms with Crippen molar-refractivity contribution in [3.8, 4) is 0 Å². The topological polar surface area (TPSA) is 30.7 Å². The first-order valence-corrected chi connectivity index (χ1v) is 4.95. The number of ether oxygens (including phenoxy) is 1. The zero-order chi connectivity index (χ0) is 10.4. The van der Waals surface area contributed by atoms with Gasteiger partial charge in [0, 0.05) is 0 Å². The molecule has 1 aromatic rings. The number of carbonyl (C=O) groups is 1. The van der Waals surface area contributed by atoms with Gasteiger partial charge >= 0.3 is 0 Å². The normalized spacial score (nSPS) is 10.7. The van der Waals surface area contributed by atoms with E-state index in [1.54, 1.807) is 24.4 Å². The van der Waals surface area contributed by atoms with Gasteiger partial charge in [0.2, 0.25) is 5.78 Å². The number of hydrogen-bond donors (Lipinski definition) is 0. The molecule has 0 aliphatic carbocycles. The number of allylic oxidation sites excluding steroid dienone is 1. The van der Waals surface area contributed by atoms with E-state index in [0.29, 0.717) is 11.5 Å². The molecule has 0 amide bonds. The minimum Gasteiger partial charge on any atom is -0.512 e. The average Bonchev–Trinajstić information content (AvgIpc) is 2.71. The van der Waals surface area contributed by atoms with Crippen LogP contribution in [0.3, 0.4) is 0 Å². The van der Waals surface area contributed by atoms with Gasteiger partial charge in [0.25, 0.3) is 5.70 Å². The second-order valence-electron chi connectivity index (χ2n) is 2.38. The highest BCUT2D eigenvalue weighted by atomic mass is 32.1. The van der Waals surface area contributed by atoms with Crippen molar-refractivity contribution in [1.29, 1.82) is 0 Å². The molecule has 0 spiro atoms. The number of ketones is 1. The van der Waals surface area contributed by atoms with E-state index in [-0.39, 0.29) is 11.5 Å². The highest BCUT2D eigenvalue weighted by Crippen LogP contribution is 2.15. The fraction of sp³-hybridized carbons (Fsp3) is 0.200. The van der Waals surface area contributed by atoms with Crippen molar-refractivity contribution < 1.29 is 9.53 Å². The molecule has 0 radical (unpaired) electrons. The molecule has 0 atom stereocenters. The van der Waals surface area contributed by atoms with Crippen LogP contribution in [-0.4, -0.2) is 12.4 Å². The van der Waals surface area contributed by atoms with Gasteiger partial charge in [-0.3, -0.25) is 0 Å². The zero-order valence-corrected chi connectivity index (χ0v) is 8.50. The highest BCUT2D eigenvalue weighted by molar-refractivity contribution is 7.12. The van der Waals surface area contributed by atoms with E-state index in [4.69, 9.17) is 11.3 Å². The number of rotatable bonds is 4. The first-order chi connectivity index (χ1) is 6.79. The Morgan fingerprint density at radius 3 is 3.07 bits per heavy atom. The SMILES string of the molecule is [C-]#[N+]/C(=C\OCC)C(=O)c1cccs1. The number of hydrogen-bond acceptors (Lipinski definition) is 3. The van der Waals surface area contributed by atoms with Crippen LogP contribution >= 0.6 is 11.3 Å². The fourth-order valence-corrected chi connectivity index (χ4v) is 1.50. The van der Waals surface area contributed by atoms with Crippen LogP contribution in [0.15, 0.2) is 29.5 Å². The summed E-state index contributed by atoms with van der Waals surface area (Å²) in [6.45, 7) is 9.09. The van der Waals surface area contributed by atoms with Crippen LogP contribution in [0.2, 0.25) is 0 Å². The second kappa shape index (κ2) is 5.20. The summed E-state index contributed by atoms with van der Waals surface area (Å²) >= 11 is 1.32. The molecule has 0 N–H and O–H groups in total. The minimum atomic E-state index is -0.275. The summed E-state index contributed by atoms with van der Waals surface area (Å²) in [7, 11) is 0. The molecule has 0 aliphatic rings. The molecule has 0 unspecified atom stereocenters. The van der Waals surface area contributed by atoms with Crippen molar-refractivity contribution in [3.63, 3.8) is 0 Å². The summed E-state index contributed by atoms with van der Waals surface area (Å²) in [5.41, 5.74) is 0.0225. The quantitative estimate of drug-likeness (QED) is 0.329. The molecular weight excluding hydrogens is 198 g/mol. The van der Waals surface area contributed by atoms with E-state index < -0.39 is 0 Å². The van der Waals surface area contributed by atoms with Crippen molar-refractivity contribution in [2.24, 2.45) is 0 Å². The molecule has 0 saturated heterocycles. The Kier molecular flexibility index (Phi) is 3.89. The minimum absolute atomic E-state index is 0.0225. The smallest absolute Gasteiger partial charge is 0.268 e. The lowest BCUT2D eigenvalue weighted by Crippen LogP contribution is -1.98. The number of Topliss-reactive ketones (excluding diaryl/α,β-unsaturated/α-hetero) is 1. The van der Waals surface area contributed by atoms with Gasteiger partial charge in [-0.25, -0.2) is 4.85 Å². The molecule has 4 heteroatoms. The summed E-state index contributed by atoms with van der Waals surface area (Å²) in [6, 6.07) is 3.47. The van der Waals surface area contributed by atoms with Crippen LogP contribution in [0.25, 0.3) is 4.85 Å². The van der Waals surface area contributed by atoms with Crippen molar-refractivity contribution in [2.45, 2.75) is 6.92 Å². The average molecular weight is 207 g/mol. The zero-order valence-electron chi connectivity index (χ0n) is 7.69. The standard InChI is InChI=1S/C10H9NO2S/c1-3-13-7-8(11-2)10(12)9-5-4-6-14-9/h4-7H,3H2,1H3/b8-7-. The van der Waals surface area contributed by atoms with E-state index in [1.165, 1.54) is 17.6 Å². The summed E-state index contributed by atoms with van der Waals surface area (Å²) in [4.78, 5) is 15.3. The van der Waals surface area contributed by atoms with Gasteiger partial charge in [0.1, 0.15) is 0 Å². The van der Waals surface area contributed by atoms with E-state index in [1.807, 2.05) is 0 Å². The summed E-state index contributed by atoms with van der Waals surface area (Å²) in [6.07, 6.45) is 1.22. The third kappa shape index (κ3) is 2.44. The molecule has 3 nitrogen and oxygen atoms in total. The van der Waals surface area contributed by atoms with Crippen LogP contribution in [0.1, 0.15) is 16.6 Å². The van der Waals surface area contributed by atoms with Crippen LogP contribution in [0.4, 0.5) is 0 Å². The van der Waals surface area contributed by atoms with E-state index in [2.05, 4.69) is 4.85 Å². The van der Waals surface area contributed by atoms with E-state index in [0.717, 1.165) is 0 Å². The number of thiophene rings is 1. The Hall–Kier alpha value is -1.60. The Morgan fingerprint density at radius 2 is 2.57 bits per heavy atom. The monoisotopic (exact) mass is 207 g/mol. The Balaban J connectivity index is 2.83. The van der Waals surface area contributed by atoms with Gasteiger partial charge in [0.15, 0.2) is 0 Å². The Labute approximate surface area is 86.4 Å². The molecule has 72 valence electrons. The molecule has 1 aromatic heterocycles. The molecule has 0 saturated carbocycles. The van der Waals surface area contributed by atoms with Crippen molar-refractivity contribution in [3.05, 3.63) is 45.8 Å². The molecule has 0 bridgehead atoms. The lowest BCUT2D eigenvalue weighted by molar-refractivity contribution is 0.103. The molecule has 14 heavy (non-hydrogen) atoms. The van der Waals surface area contributed by atoms with Crippen molar-refractivity contribution in [2.75, 3.05) is 6.61 Å². The molecule has 1 heterocycles. The van der Waals surface area contributed by atoms with Crippen molar-refractivity contribution >= 4 is 17.1 Å². The Morgan fingerprint density at radius 1 is 1.79 bits per heavy atom. The van der Waals surface area contributed by atoms with E-state index >= 15 is 0 Å². The van der Waals surface area contributed by atoms with Crippen LogP contribution < -0.4 is 0 Å². The second-order valence-corrected chi connectivity index (χ2v) is 3.32. The number of nitrogens with zero attached hydrogens (tertiary/aromatic N) is 1. The van der Waals surface area contributed by atoms with Crippen molar-refractivity contribution in [1.82, 2.24) is 0 Å². The number of carbonyl (C=O) groups excluding carboxylic acids is 1.